The fourth-order valence-electron chi connectivity index (χ4n) is 3.82. The molecule has 0 N–H and O–H groups in total. The summed E-state index contributed by atoms with van der Waals surface area (Å²) >= 11 is 0. The van der Waals surface area contributed by atoms with Gasteiger partial charge in [0.05, 0.1) is 23.5 Å². The zero-order valence-electron chi connectivity index (χ0n) is 18.5. The highest BCUT2D eigenvalue weighted by molar-refractivity contribution is 5.78. The Morgan fingerprint density at radius 2 is 1.94 bits per heavy atom. The molecule has 1 atom stereocenters. The van der Waals surface area contributed by atoms with Crippen molar-refractivity contribution in [3.05, 3.63) is 78.4 Å². The number of nitriles is 1. The van der Waals surface area contributed by atoms with Crippen molar-refractivity contribution in [1.29, 1.82) is 5.26 Å². The quantitative estimate of drug-likeness (QED) is 0.347. The lowest BCUT2D eigenvalue weighted by molar-refractivity contribution is 0.151. The maximum atomic E-state index is 13.5. The van der Waals surface area contributed by atoms with E-state index >= 15 is 0 Å². The molecule has 35 heavy (non-hydrogen) atoms. The lowest BCUT2D eigenvalue weighted by Crippen LogP contribution is -2.20. The van der Waals surface area contributed by atoms with Crippen LogP contribution < -0.4 is 4.74 Å². The normalized spacial score (nSPS) is 12.1. The van der Waals surface area contributed by atoms with Crippen molar-refractivity contribution in [3.8, 4) is 28.8 Å². The Labute approximate surface area is 198 Å². The van der Waals surface area contributed by atoms with E-state index in [9.17, 15) is 14.0 Å². The Balaban J connectivity index is 1.49. The average Bonchev–Trinajstić information content (AvgIpc) is 3.53. The van der Waals surface area contributed by atoms with Crippen LogP contribution in [0.5, 0.6) is 5.75 Å². The van der Waals surface area contributed by atoms with Gasteiger partial charge < -0.3 is 4.74 Å². The van der Waals surface area contributed by atoms with E-state index < -0.39 is 6.43 Å². The molecule has 0 unspecified atom stereocenters. The molecule has 2 aromatic carbocycles. The van der Waals surface area contributed by atoms with Crippen molar-refractivity contribution in [2.75, 3.05) is 0 Å². The van der Waals surface area contributed by atoms with Crippen LogP contribution in [0.3, 0.4) is 0 Å². The molecule has 0 bridgehead atoms. The van der Waals surface area contributed by atoms with Crippen molar-refractivity contribution in [3.63, 3.8) is 0 Å². The van der Waals surface area contributed by atoms with Crippen LogP contribution in [0.4, 0.5) is 8.78 Å². The first-order chi connectivity index (χ1) is 17.0. The second-order valence-corrected chi connectivity index (χ2v) is 7.80. The summed E-state index contributed by atoms with van der Waals surface area (Å²) in [5, 5.41) is 20.6. The first-order valence-corrected chi connectivity index (χ1v) is 10.7. The zero-order valence-corrected chi connectivity index (χ0v) is 18.5. The summed E-state index contributed by atoms with van der Waals surface area (Å²) in [6.45, 7) is 2.40. The number of hydrogen-bond acceptors (Lipinski definition) is 7. The second kappa shape index (κ2) is 9.26. The van der Waals surface area contributed by atoms with Crippen molar-refractivity contribution < 1.29 is 13.5 Å². The van der Waals surface area contributed by atoms with Crippen LogP contribution in [-0.4, -0.2) is 40.8 Å². The van der Waals surface area contributed by atoms with Crippen molar-refractivity contribution in [1.82, 2.24) is 34.7 Å². The van der Waals surface area contributed by atoms with Gasteiger partial charge in [-0.1, -0.05) is 24.3 Å². The first kappa shape index (κ1) is 22.1. The van der Waals surface area contributed by atoms with Crippen molar-refractivity contribution in [2.45, 2.75) is 26.0 Å². The molecule has 9 nitrogen and oxygen atoms in total. The molecule has 0 saturated heterocycles. The van der Waals surface area contributed by atoms with Gasteiger partial charge in [-0.3, -0.25) is 4.57 Å². The molecular formula is C24H18F2N8O. The minimum Gasteiger partial charge on any atom is -0.489 e. The largest absolute Gasteiger partial charge is 0.489 e. The first-order valence-electron chi connectivity index (χ1n) is 10.7. The number of alkyl halides is 2. The number of benzene rings is 2. The lowest BCUT2D eigenvalue weighted by Gasteiger charge is -2.15. The van der Waals surface area contributed by atoms with Crippen LogP contribution in [0.2, 0.25) is 0 Å². The Hall–Kier alpha value is -4.72. The minimum atomic E-state index is -2.77. The number of pyridine rings is 1. The van der Waals surface area contributed by atoms with Crippen molar-refractivity contribution >= 4 is 11.2 Å². The summed E-state index contributed by atoms with van der Waals surface area (Å²) in [6.07, 6.45) is 0.0476. The second-order valence-electron chi connectivity index (χ2n) is 7.80. The van der Waals surface area contributed by atoms with E-state index in [0.29, 0.717) is 34.8 Å². The van der Waals surface area contributed by atoms with Crippen LogP contribution in [0.25, 0.3) is 28.1 Å². The predicted molar refractivity (Wildman–Crippen MR) is 122 cm³/mol. The molecule has 5 aromatic rings. The number of halogens is 2. The van der Waals surface area contributed by atoms with E-state index in [1.807, 2.05) is 43.3 Å². The van der Waals surface area contributed by atoms with Gasteiger partial charge in [-0.15, -0.1) is 5.10 Å². The smallest absolute Gasteiger partial charge is 0.265 e. The summed E-state index contributed by atoms with van der Waals surface area (Å²) in [7, 11) is 0. The number of aromatic nitrogens is 7. The van der Waals surface area contributed by atoms with Gasteiger partial charge in [0.2, 0.25) is 0 Å². The van der Waals surface area contributed by atoms with Crippen molar-refractivity contribution in [2.24, 2.45) is 0 Å². The molecule has 0 spiro atoms. The van der Waals surface area contributed by atoms with E-state index in [0.717, 1.165) is 5.56 Å². The highest BCUT2D eigenvalue weighted by atomic mass is 19.3. The molecule has 11 heteroatoms. The number of fused-ring (bicyclic) bond motifs is 1. The lowest BCUT2D eigenvalue weighted by atomic mass is 10.1. The maximum Gasteiger partial charge on any atom is 0.265 e. The number of rotatable bonds is 7. The molecule has 3 aromatic heterocycles. The minimum absolute atomic E-state index is 0.110. The molecule has 0 fully saturated rings. The standard InChI is InChI=1S/C24H18F2N8O/c1-15(12-33-14-29-31-32-33)35-17-5-2-4-16(10-17)20-8-9-21-24(30-20)34(13-28-21)22-7-3-6-18(23(25)26)19(22)11-27/h2-10,13-15,23H,12H2,1H3/t15-/m0/s1. The summed E-state index contributed by atoms with van der Waals surface area (Å²) in [5.74, 6) is 0.648. The fourth-order valence-corrected chi connectivity index (χ4v) is 3.82. The number of imidazole rings is 1. The van der Waals surface area contributed by atoms with Gasteiger partial charge in [0.25, 0.3) is 6.43 Å². The van der Waals surface area contributed by atoms with Gasteiger partial charge in [-0.2, -0.15) is 5.26 Å². The summed E-state index contributed by atoms with van der Waals surface area (Å²) in [5.41, 5.74) is 2.32. The number of nitrogens with zero attached hydrogens (tertiary/aromatic N) is 8. The predicted octanol–water partition coefficient (Wildman–Crippen LogP) is 4.35. The van der Waals surface area contributed by atoms with E-state index in [4.69, 9.17) is 9.72 Å². The molecule has 3 heterocycles. The molecule has 0 amide bonds. The molecule has 0 radical (unpaired) electrons. The van der Waals surface area contributed by atoms with Crippen LogP contribution >= 0.6 is 0 Å². The van der Waals surface area contributed by atoms with E-state index in [2.05, 4.69) is 20.5 Å². The molecule has 0 aliphatic heterocycles. The van der Waals surface area contributed by atoms with Gasteiger partial charge in [-0.05, 0) is 47.7 Å². The molecule has 0 saturated carbocycles. The van der Waals surface area contributed by atoms with Gasteiger partial charge in [0.15, 0.2) is 5.65 Å². The average molecular weight is 472 g/mol. The Morgan fingerprint density at radius 3 is 2.71 bits per heavy atom. The Bertz CT molecular complexity index is 1520. The highest BCUT2D eigenvalue weighted by Crippen LogP contribution is 2.30. The highest BCUT2D eigenvalue weighted by Gasteiger charge is 2.19. The monoisotopic (exact) mass is 472 g/mol. The molecule has 174 valence electrons. The topological polar surface area (TPSA) is 107 Å². The maximum absolute atomic E-state index is 13.5. The molecule has 0 aliphatic rings. The van der Waals surface area contributed by atoms with Gasteiger partial charge in [0.1, 0.15) is 36.1 Å². The number of ether oxygens (including phenoxy) is 1. The number of hydrogen-bond donors (Lipinski definition) is 0. The molecular weight excluding hydrogens is 454 g/mol. The van der Waals surface area contributed by atoms with Crippen LogP contribution in [0.1, 0.15) is 24.5 Å². The van der Waals surface area contributed by atoms with Crippen LogP contribution in [0.15, 0.2) is 67.3 Å². The van der Waals surface area contributed by atoms with Gasteiger partial charge in [-0.25, -0.2) is 23.4 Å². The van der Waals surface area contributed by atoms with Crippen LogP contribution in [0, 0.1) is 11.3 Å². The Morgan fingerprint density at radius 1 is 1.09 bits per heavy atom. The van der Waals surface area contributed by atoms with E-state index in [1.165, 1.54) is 24.8 Å². The van der Waals surface area contributed by atoms with E-state index in [-0.39, 0.29) is 17.2 Å². The summed E-state index contributed by atoms with van der Waals surface area (Å²) < 4.78 is 36.1. The van der Waals surface area contributed by atoms with Gasteiger partial charge >= 0.3 is 0 Å². The number of tetrazole rings is 1. The van der Waals surface area contributed by atoms with E-state index in [1.54, 1.807) is 21.4 Å². The third-order valence-corrected chi connectivity index (χ3v) is 5.38. The SMILES string of the molecule is C[C@@H](Cn1cnnn1)Oc1cccc(-c2ccc3ncn(-c4cccc(C(F)F)c4C#N)c3n2)c1. The third-order valence-electron chi connectivity index (χ3n) is 5.38. The summed E-state index contributed by atoms with van der Waals surface area (Å²) in [4.78, 5) is 9.06. The van der Waals surface area contributed by atoms with Crippen LogP contribution in [-0.2, 0) is 6.54 Å². The zero-order chi connectivity index (χ0) is 24.4. The Kier molecular flexibility index (Phi) is 5.85. The molecule has 0 aliphatic carbocycles. The molecule has 5 rings (SSSR count). The fraction of sp³-hybridized carbons (Fsp3) is 0.167. The third kappa shape index (κ3) is 4.41. The summed E-state index contributed by atoms with van der Waals surface area (Å²) in [6, 6.07) is 17.3. The van der Waals surface area contributed by atoms with Gasteiger partial charge in [0, 0.05) is 11.1 Å².